The first kappa shape index (κ1) is 17.5. The average Bonchev–Trinajstić information content (AvgIpc) is 3.39. The van der Waals surface area contributed by atoms with Gasteiger partial charge in [0.15, 0.2) is 10.1 Å². The molecule has 0 aliphatic carbocycles. The SMILES string of the molecule is COc1ccc(OC)c(-c2csc(NC(=O)c3cn4c(C)csc4n3)n2)c1. The highest BCUT2D eigenvalue weighted by molar-refractivity contribution is 7.15. The van der Waals surface area contributed by atoms with E-state index in [1.165, 1.54) is 22.7 Å². The molecule has 7 nitrogen and oxygen atoms in total. The van der Waals surface area contributed by atoms with Gasteiger partial charge >= 0.3 is 0 Å². The lowest BCUT2D eigenvalue weighted by atomic mass is 10.1. The monoisotopic (exact) mass is 400 g/mol. The largest absolute Gasteiger partial charge is 0.497 e. The number of nitrogens with one attached hydrogen (secondary N) is 1. The fraction of sp³-hybridized carbons (Fsp3) is 0.167. The maximum atomic E-state index is 12.5. The molecule has 1 aromatic carbocycles. The van der Waals surface area contributed by atoms with Gasteiger partial charge in [0, 0.05) is 28.2 Å². The molecule has 0 aliphatic rings. The van der Waals surface area contributed by atoms with Crippen LogP contribution in [-0.4, -0.2) is 34.5 Å². The summed E-state index contributed by atoms with van der Waals surface area (Å²) in [5.41, 5.74) is 2.91. The van der Waals surface area contributed by atoms with Crippen LogP contribution >= 0.6 is 22.7 Å². The van der Waals surface area contributed by atoms with Crippen LogP contribution in [0.3, 0.4) is 0 Å². The molecule has 3 aromatic heterocycles. The third-order valence-corrected chi connectivity index (χ3v) is 5.74. The molecule has 138 valence electrons. The van der Waals surface area contributed by atoms with Crippen molar-refractivity contribution in [2.45, 2.75) is 6.92 Å². The Morgan fingerprint density at radius 2 is 2.00 bits per heavy atom. The van der Waals surface area contributed by atoms with E-state index in [9.17, 15) is 4.79 Å². The van der Waals surface area contributed by atoms with Crippen molar-refractivity contribution in [3.63, 3.8) is 0 Å². The maximum Gasteiger partial charge on any atom is 0.277 e. The smallest absolute Gasteiger partial charge is 0.277 e. The number of carbonyl (C=O) groups is 1. The van der Waals surface area contributed by atoms with Gasteiger partial charge in [-0.3, -0.25) is 14.5 Å². The number of rotatable bonds is 5. The number of ether oxygens (including phenoxy) is 2. The molecular formula is C18H16N4O3S2. The van der Waals surface area contributed by atoms with Crippen LogP contribution in [0.4, 0.5) is 5.13 Å². The van der Waals surface area contributed by atoms with E-state index in [2.05, 4.69) is 15.3 Å². The molecule has 0 aliphatic heterocycles. The molecule has 1 amide bonds. The predicted molar refractivity (Wildman–Crippen MR) is 106 cm³/mol. The predicted octanol–water partition coefficient (Wildman–Crippen LogP) is 4.10. The number of thiazole rings is 2. The second-order valence-corrected chi connectivity index (χ2v) is 7.41. The summed E-state index contributed by atoms with van der Waals surface area (Å²) < 4.78 is 12.6. The second kappa shape index (κ2) is 7.01. The minimum atomic E-state index is -0.288. The van der Waals surface area contributed by atoms with Crippen LogP contribution in [0.1, 0.15) is 16.2 Å². The Bertz CT molecular complexity index is 1130. The van der Waals surface area contributed by atoms with Gasteiger partial charge in [0.25, 0.3) is 5.91 Å². The van der Waals surface area contributed by atoms with Crippen molar-refractivity contribution in [1.82, 2.24) is 14.4 Å². The first-order valence-corrected chi connectivity index (χ1v) is 9.77. The zero-order valence-electron chi connectivity index (χ0n) is 14.8. The lowest BCUT2D eigenvalue weighted by Gasteiger charge is -2.08. The quantitative estimate of drug-likeness (QED) is 0.546. The van der Waals surface area contributed by atoms with Crippen molar-refractivity contribution in [2.24, 2.45) is 0 Å². The Morgan fingerprint density at radius 1 is 1.15 bits per heavy atom. The van der Waals surface area contributed by atoms with Gasteiger partial charge in [0.05, 0.1) is 19.9 Å². The van der Waals surface area contributed by atoms with Crippen molar-refractivity contribution in [3.8, 4) is 22.8 Å². The Hall–Kier alpha value is -2.91. The van der Waals surface area contributed by atoms with Crippen molar-refractivity contribution in [3.05, 3.63) is 46.5 Å². The van der Waals surface area contributed by atoms with Crippen LogP contribution in [0.15, 0.2) is 35.2 Å². The fourth-order valence-corrected chi connectivity index (χ4v) is 4.19. The number of anilines is 1. The minimum absolute atomic E-state index is 0.288. The molecule has 9 heteroatoms. The molecule has 27 heavy (non-hydrogen) atoms. The molecule has 4 rings (SSSR count). The molecule has 0 saturated heterocycles. The van der Waals surface area contributed by atoms with E-state index in [0.29, 0.717) is 28.0 Å². The summed E-state index contributed by atoms with van der Waals surface area (Å²) in [6.45, 7) is 1.97. The highest BCUT2D eigenvalue weighted by Gasteiger charge is 2.16. The summed E-state index contributed by atoms with van der Waals surface area (Å²) in [7, 11) is 3.21. The van der Waals surface area contributed by atoms with Crippen LogP contribution in [0.2, 0.25) is 0 Å². The Morgan fingerprint density at radius 3 is 2.74 bits per heavy atom. The van der Waals surface area contributed by atoms with Gasteiger partial charge in [-0.25, -0.2) is 9.97 Å². The van der Waals surface area contributed by atoms with Gasteiger partial charge in [-0.1, -0.05) is 0 Å². The third kappa shape index (κ3) is 3.26. The van der Waals surface area contributed by atoms with Crippen LogP contribution in [0, 0.1) is 6.92 Å². The van der Waals surface area contributed by atoms with Gasteiger partial charge < -0.3 is 9.47 Å². The number of aromatic nitrogens is 3. The number of benzene rings is 1. The summed E-state index contributed by atoms with van der Waals surface area (Å²) in [6.07, 6.45) is 1.73. The number of aryl methyl sites for hydroxylation is 1. The number of methoxy groups -OCH3 is 2. The minimum Gasteiger partial charge on any atom is -0.497 e. The molecule has 0 saturated carbocycles. The molecule has 0 radical (unpaired) electrons. The highest BCUT2D eigenvalue weighted by atomic mass is 32.1. The van der Waals surface area contributed by atoms with Gasteiger partial charge in [-0.15, -0.1) is 22.7 Å². The molecule has 0 spiro atoms. The standard InChI is InChI=1S/C18H16N4O3S2/c1-10-8-27-18-20-13(7-22(10)18)16(23)21-17-19-14(9-26-17)12-6-11(24-2)4-5-15(12)25-3/h4-9H,1-3H3,(H,19,21,23). The first-order valence-electron chi connectivity index (χ1n) is 8.01. The number of nitrogens with zero attached hydrogens (tertiary/aromatic N) is 3. The molecule has 3 heterocycles. The first-order chi connectivity index (χ1) is 13.1. The lowest BCUT2D eigenvalue weighted by Crippen LogP contribution is -2.12. The topological polar surface area (TPSA) is 77.8 Å². The van der Waals surface area contributed by atoms with E-state index >= 15 is 0 Å². The maximum absolute atomic E-state index is 12.5. The molecule has 0 unspecified atom stereocenters. The van der Waals surface area contributed by atoms with Crippen molar-refractivity contribution < 1.29 is 14.3 Å². The second-order valence-electron chi connectivity index (χ2n) is 5.71. The van der Waals surface area contributed by atoms with Crippen molar-refractivity contribution in [1.29, 1.82) is 0 Å². The number of imidazole rings is 1. The van der Waals surface area contributed by atoms with Crippen LogP contribution in [0.25, 0.3) is 16.2 Å². The van der Waals surface area contributed by atoms with Gasteiger partial charge in [0.2, 0.25) is 0 Å². The summed E-state index contributed by atoms with van der Waals surface area (Å²) in [5, 5.41) is 7.17. The van der Waals surface area contributed by atoms with Crippen LogP contribution in [-0.2, 0) is 0 Å². The van der Waals surface area contributed by atoms with Gasteiger partial charge in [0.1, 0.15) is 17.2 Å². The van der Waals surface area contributed by atoms with E-state index in [1.54, 1.807) is 20.4 Å². The molecular weight excluding hydrogens is 384 g/mol. The summed E-state index contributed by atoms with van der Waals surface area (Å²) >= 11 is 2.84. The number of amides is 1. The fourth-order valence-electron chi connectivity index (χ4n) is 2.63. The van der Waals surface area contributed by atoms with Crippen molar-refractivity contribution >= 4 is 38.7 Å². The molecule has 0 bridgehead atoms. The molecule has 0 fully saturated rings. The van der Waals surface area contributed by atoms with Gasteiger partial charge in [-0.05, 0) is 25.1 Å². The van der Waals surface area contributed by atoms with E-state index in [0.717, 1.165) is 16.2 Å². The summed E-state index contributed by atoms with van der Waals surface area (Å²) in [4.78, 5) is 22.2. The Kier molecular flexibility index (Phi) is 4.54. The molecule has 4 aromatic rings. The third-order valence-electron chi connectivity index (χ3n) is 4.03. The number of fused-ring (bicyclic) bond motifs is 1. The van der Waals surface area contributed by atoms with Crippen LogP contribution in [0.5, 0.6) is 11.5 Å². The zero-order chi connectivity index (χ0) is 19.0. The Labute approximate surface area is 163 Å². The lowest BCUT2D eigenvalue weighted by molar-refractivity contribution is 0.102. The van der Waals surface area contributed by atoms with Crippen molar-refractivity contribution in [2.75, 3.05) is 19.5 Å². The van der Waals surface area contributed by atoms with E-state index < -0.39 is 0 Å². The number of hydrogen-bond acceptors (Lipinski definition) is 7. The van der Waals surface area contributed by atoms with E-state index in [1.807, 2.05) is 40.3 Å². The number of carbonyl (C=O) groups excluding carboxylic acids is 1. The highest BCUT2D eigenvalue weighted by Crippen LogP contribution is 2.35. The molecule has 1 N–H and O–H groups in total. The Balaban J connectivity index is 1.58. The normalized spacial score (nSPS) is 10.9. The zero-order valence-corrected chi connectivity index (χ0v) is 16.5. The van der Waals surface area contributed by atoms with Gasteiger partial charge in [-0.2, -0.15) is 0 Å². The number of hydrogen-bond donors (Lipinski definition) is 1. The summed E-state index contributed by atoms with van der Waals surface area (Å²) in [5.74, 6) is 1.10. The van der Waals surface area contributed by atoms with Crippen LogP contribution < -0.4 is 14.8 Å². The summed E-state index contributed by atoms with van der Waals surface area (Å²) in [6, 6.07) is 5.50. The average molecular weight is 400 g/mol. The van der Waals surface area contributed by atoms with E-state index in [-0.39, 0.29) is 5.91 Å². The van der Waals surface area contributed by atoms with E-state index in [4.69, 9.17) is 9.47 Å². The molecule has 0 atom stereocenters.